The number of aliphatic hydroxyl groups is 1. The number of nitrogens with one attached hydrogen (secondary N) is 1. The van der Waals surface area contributed by atoms with Gasteiger partial charge >= 0.3 is 0 Å². The van der Waals surface area contributed by atoms with Gasteiger partial charge in [-0.1, -0.05) is 18.7 Å². The molecule has 1 aromatic rings. The van der Waals surface area contributed by atoms with Crippen LogP contribution in [0.1, 0.15) is 45.6 Å². The van der Waals surface area contributed by atoms with Gasteiger partial charge in [-0.25, -0.2) is 9.97 Å². The first-order valence-electron chi connectivity index (χ1n) is 9.61. The van der Waals surface area contributed by atoms with Crippen molar-refractivity contribution in [2.75, 3.05) is 25.4 Å². The van der Waals surface area contributed by atoms with Crippen LogP contribution in [0.15, 0.2) is 17.6 Å². The zero-order valence-corrected chi connectivity index (χ0v) is 17.2. The molecule has 1 spiro atoms. The molecule has 0 aromatic carbocycles. The molecule has 150 valence electrons. The number of likely N-dealkylation sites (tertiary alicyclic amines) is 1. The molecule has 2 aliphatic heterocycles. The van der Waals surface area contributed by atoms with Gasteiger partial charge in [0.15, 0.2) is 5.16 Å². The van der Waals surface area contributed by atoms with E-state index in [2.05, 4.69) is 27.1 Å². The van der Waals surface area contributed by atoms with Crippen molar-refractivity contribution < 1.29 is 14.6 Å². The average molecular weight is 395 g/mol. The van der Waals surface area contributed by atoms with E-state index in [1.54, 1.807) is 18.7 Å². The third-order valence-electron chi connectivity index (χ3n) is 5.49. The standard InChI is InChI=1S/C19H30N4O3S/c1-4-27-17-20-9-15(10-21-17)11-23-7-5-19(6-8-23)13-18(3,25)16(12-26-19)22-14(2)24/h9-10,16,25H,4-8,11-13H2,1-3H3,(H,22,24)/t16-,18-/m0/s1. The van der Waals surface area contributed by atoms with E-state index in [1.165, 1.54) is 6.92 Å². The Morgan fingerprint density at radius 3 is 2.63 bits per heavy atom. The third kappa shape index (κ3) is 5.19. The fourth-order valence-electron chi connectivity index (χ4n) is 4.03. The maximum Gasteiger partial charge on any atom is 0.217 e. The smallest absolute Gasteiger partial charge is 0.217 e. The van der Waals surface area contributed by atoms with Crippen molar-refractivity contribution in [3.05, 3.63) is 18.0 Å². The van der Waals surface area contributed by atoms with Crippen LogP contribution in [0.2, 0.25) is 0 Å². The van der Waals surface area contributed by atoms with Crippen molar-refractivity contribution in [3.63, 3.8) is 0 Å². The molecule has 2 N–H and O–H groups in total. The van der Waals surface area contributed by atoms with Crippen molar-refractivity contribution in [2.24, 2.45) is 0 Å². The average Bonchev–Trinajstić information content (AvgIpc) is 2.61. The highest BCUT2D eigenvalue weighted by atomic mass is 32.2. The molecule has 1 amide bonds. The summed E-state index contributed by atoms with van der Waals surface area (Å²) in [6, 6.07) is -0.352. The molecule has 2 atom stereocenters. The van der Waals surface area contributed by atoms with Crippen LogP contribution in [-0.4, -0.2) is 68.6 Å². The van der Waals surface area contributed by atoms with E-state index in [1.807, 2.05) is 12.4 Å². The van der Waals surface area contributed by atoms with Gasteiger partial charge in [0.05, 0.1) is 23.9 Å². The minimum atomic E-state index is -0.952. The fourth-order valence-corrected chi connectivity index (χ4v) is 4.55. The van der Waals surface area contributed by atoms with Crippen LogP contribution >= 0.6 is 11.8 Å². The number of rotatable bonds is 5. The lowest BCUT2D eigenvalue weighted by Gasteiger charge is -2.51. The number of piperidine rings is 1. The SMILES string of the molecule is CCSc1ncc(CN2CCC3(CC2)C[C@](C)(O)[C@@H](NC(C)=O)CO3)cn1. The Hall–Kier alpha value is -1.22. The number of nitrogens with zero attached hydrogens (tertiary/aromatic N) is 3. The largest absolute Gasteiger partial charge is 0.388 e. The Bertz CT molecular complexity index is 645. The maximum absolute atomic E-state index is 11.3. The first kappa shape index (κ1) is 20.5. The lowest BCUT2D eigenvalue weighted by atomic mass is 9.75. The molecule has 2 saturated heterocycles. The van der Waals surface area contributed by atoms with Gasteiger partial charge in [0.2, 0.25) is 5.91 Å². The summed E-state index contributed by atoms with van der Waals surface area (Å²) in [5.41, 5.74) is -0.131. The molecule has 2 fully saturated rings. The predicted octanol–water partition coefficient (Wildman–Crippen LogP) is 1.60. The Morgan fingerprint density at radius 1 is 1.41 bits per heavy atom. The van der Waals surface area contributed by atoms with E-state index in [9.17, 15) is 9.90 Å². The number of aromatic nitrogens is 2. The van der Waals surface area contributed by atoms with Gasteiger partial charge in [-0.15, -0.1) is 0 Å². The van der Waals surface area contributed by atoms with Crippen LogP contribution in [0.5, 0.6) is 0 Å². The quantitative estimate of drug-likeness (QED) is 0.579. The summed E-state index contributed by atoms with van der Waals surface area (Å²) >= 11 is 1.65. The molecule has 0 unspecified atom stereocenters. The molecule has 0 aliphatic carbocycles. The normalized spacial score (nSPS) is 28.2. The highest BCUT2D eigenvalue weighted by Gasteiger charge is 2.49. The van der Waals surface area contributed by atoms with Gasteiger partial charge in [0, 0.05) is 50.9 Å². The topological polar surface area (TPSA) is 87.6 Å². The van der Waals surface area contributed by atoms with Crippen LogP contribution < -0.4 is 5.32 Å². The van der Waals surface area contributed by atoms with Crippen molar-refractivity contribution in [3.8, 4) is 0 Å². The number of carbonyl (C=O) groups excluding carboxylic acids is 1. The number of amides is 1. The van der Waals surface area contributed by atoms with Crippen molar-refractivity contribution in [2.45, 2.75) is 69.0 Å². The van der Waals surface area contributed by atoms with E-state index in [0.717, 1.165) is 48.9 Å². The van der Waals surface area contributed by atoms with Gasteiger partial charge in [-0.3, -0.25) is 9.69 Å². The Morgan fingerprint density at radius 2 is 2.07 bits per heavy atom. The summed E-state index contributed by atoms with van der Waals surface area (Å²) in [7, 11) is 0. The monoisotopic (exact) mass is 394 g/mol. The molecule has 0 saturated carbocycles. The molecule has 7 nitrogen and oxygen atoms in total. The van der Waals surface area contributed by atoms with Crippen molar-refractivity contribution in [1.29, 1.82) is 0 Å². The van der Waals surface area contributed by atoms with Crippen LogP contribution in [-0.2, 0) is 16.1 Å². The lowest BCUT2D eigenvalue weighted by Crippen LogP contribution is -2.63. The lowest BCUT2D eigenvalue weighted by molar-refractivity contribution is -0.189. The van der Waals surface area contributed by atoms with Crippen molar-refractivity contribution >= 4 is 17.7 Å². The summed E-state index contributed by atoms with van der Waals surface area (Å²) < 4.78 is 6.17. The van der Waals surface area contributed by atoms with Gasteiger partial charge in [-0.2, -0.15) is 0 Å². The second-order valence-corrected chi connectivity index (χ2v) is 9.10. The molecule has 1 aromatic heterocycles. The molecule has 3 heterocycles. The molecule has 3 rings (SSSR count). The molecule has 2 aliphatic rings. The number of hydrogen-bond donors (Lipinski definition) is 2. The molecule has 0 bridgehead atoms. The van der Waals surface area contributed by atoms with Gasteiger partial charge in [-0.05, 0) is 25.5 Å². The van der Waals surface area contributed by atoms with Crippen LogP contribution in [0, 0.1) is 0 Å². The number of hydrogen-bond acceptors (Lipinski definition) is 7. The molecular weight excluding hydrogens is 364 g/mol. The maximum atomic E-state index is 11.3. The van der Waals surface area contributed by atoms with E-state index in [-0.39, 0.29) is 17.6 Å². The summed E-state index contributed by atoms with van der Waals surface area (Å²) in [6.45, 7) is 8.37. The number of ether oxygens (including phenoxy) is 1. The molecule has 0 radical (unpaired) electrons. The predicted molar refractivity (Wildman–Crippen MR) is 104 cm³/mol. The van der Waals surface area contributed by atoms with Gasteiger partial charge in [0.25, 0.3) is 0 Å². The van der Waals surface area contributed by atoms with Gasteiger partial charge in [0.1, 0.15) is 0 Å². The summed E-state index contributed by atoms with van der Waals surface area (Å²) in [5.74, 6) is 0.834. The summed E-state index contributed by atoms with van der Waals surface area (Å²) in [5, 5.41) is 14.5. The summed E-state index contributed by atoms with van der Waals surface area (Å²) in [4.78, 5) is 22.5. The minimum Gasteiger partial charge on any atom is -0.388 e. The van der Waals surface area contributed by atoms with Crippen LogP contribution in [0.4, 0.5) is 0 Å². The minimum absolute atomic E-state index is 0.139. The highest BCUT2D eigenvalue weighted by Crippen LogP contribution is 2.39. The van der Waals surface area contributed by atoms with Gasteiger partial charge < -0.3 is 15.2 Å². The summed E-state index contributed by atoms with van der Waals surface area (Å²) in [6.07, 6.45) is 6.12. The van der Waals surface area contributed by atoms with E-state index < -0.39 is 5.60 Å². The zero-order valence-electron chi connectivity index (χ0n) is 16.4. The second-order valence-electron chi connectivity index (χ2n) is 7.86. The van der Waals surface area contributed by atoms with Crippen molar-refractivity contribution in [1.82, 2.24) is 20.2 Å². The second kappa shape index (κ2) is 8.43. The Kier molecular flexibility index (Phi) is 6.40. The number of carbonyl (C=O) groups is 1. The van der Waals surface area contributed by atoms with E-state index >= 15 is 0 Å². The highest BCUT2D eigenvalue weighted by molar-refractivity contribution is 7.99. The Labute approximate surface area is 165 Å². The number of thioether (sulfide) groups is 1. The third-order valence-corrected chi connectivity index (χ3v) is 6.25. The fraction of sp³-hybridized carbons (Fsp3) is 0.737. The Balaban J connectivity index is 1.53. The molecule has 27 heavy (non-hydrogen) atoms. The van der Waals surface area contributed by atoms with Crippen LogP contribution in [0.25, 0.3) is 0 Å². The molecular formula is C19H30N4O3S. The zero-order chi connectivity index (χ0) is 19.5. The molecule has 8 heteroatoms. The van der Waals surface area contributed by atoms with E-state index in [4.69, 9.17) is 4.74 Å². The van der Waals surface area contributed by atoms with Crippen LogP contribution in [0.3, 0.4) is 0 Å². The first-order chi connectivity index (χ1) is 12.8. The first-order valence-corrected chi connectivity index (χ1v) is 10.6. The van der Waals surface area contributed by atoms with E-state index in [0.29, 0.717) is 13.0 Å².